The second-order valence-electron chi connectivity index (χ2n) is 26.9. The molecule has 604 valence electrons. The Morgan fingerprint density at radius 2 is 0.673 bits per heavy atom. The molecule has 107 heavy (non-hydrogen) atoms. The third-order valence-electron chi connectivity index (χ3n) is 16.3. The van der Waals surface area contributed by atoms with Crippen LogP contribution in [-0.4, -0.2) is 231 Å². The average molecular weight is 1530 g/mol. The van der Waals surface area contributed by atoms with Gasteiger partial charge in [-0.15, -0.1) is 0 Å². The molecule has 43 nitrogen and oxygen atoms in total. The summed E-state index contributed by atoms with van der Waals surface area (Å²) in [6, 6.07) is -22.6. The number of aliphatic imine (C=N–C) groups is 1. The first-order valence-corrected chi connectivity index (χ1v) is 34.6. The molecule has 0 aliphatic carbocycles. The molecule has 15 atom stereocenters. The SMILES string of the molecule is CCC(C)C(NC(=O)C(CCC(N)=O)NC(=O)C(NC(=O)C(NC(=O)C(N)CC(N)=O)C(C)C)C(C)CC)C(=O)NC(CO)C(=O)NC(CC(N)=O)C(=O)NC(CC(=O)O)C(=O)NC(CC(C)C)C(=O)NC(CCC(=O)O)C(=O)NC(CC(N)=O)C(=O)NC(CC(C)C)C(=O)NC(CCCN=C(N)N)C(=O)O. The monoisotopic (exact) mass is 1530 g/mol. The van der Waals surface area contributed by atoms with Crippen molar-refractivity contribution in [2.45, 2.75) is 238 Å². The Balaban J connectivity index is 7.05. The molecule has 0 fully saturated rings. The Morgan fingerprint density at radius 1 is 0.346 bits per heavy atom. The summed E-state index contributed by atoms with van der Waals surface area (Å²) in [6.07, 6.45) is -6.65. The first-order valence-electron chi connectivity index (χ1n) is 34.6. The molecule has 16 amide bonds. The first-order chi connectivity index (χ1) is 49.7. The highest BCUT2D eigenvalue weighted by Crippen LogP contribution is 2.16. The minimum Gasteiger partial charge on any atom is -0.481 e. The number of aliphatic carboxylic acids is 3. The molecule has 0 aliphatic rings. The summed E-state index contributed by atoms with van der Waals surface area (Å²) in [5.41, 5.74) is 37.8. The van der Waals surface area contributed by atoms with E-state index < -0.39 is 273 Å². The van der Waals surface area contributed by atoms with Gasteiger partial charge in [-0.05, 0) is 68.1 Å². The molecule has 0 aromatic heterocycles. The lowest BCUT2D eigenvalue weighted by Crippen LogP contribution is -2.62. The number of hydrogen-bond donors (Lipinski definition) is 23. The van der Waals surface area contributed by atoms with Crippen molar-refractivity contribution in [3.05, 3.63) is 0 Å². The van der Waals surface area contributed by atoms with Crippen molar-refractivity contribution in [2.75, 3.05) is 13.2 Å². The number of carbonyl (C=O) groups excluding carboxylic acids is 16. The van der Waals surface area contributed by atoms with Gasteiger partial charge in [-0.1, -0.05) is 82.1 Å². The van der Waals surface area contributed by atoms with Crippen LogP contribution in [0.5, 0.6) is 0 Å². The highest BCUT2D eigenvalue weighted by Gasteiger charge is 2.40. The van der Waals surface area contributed by atoms with E-state index in [1.165, 1.54) is 6.92 Å². The van der Waals surface area contributed by atoms with Crippen LogP contribution in [0, 0.1) is 29.6 Å². The van der Waals surface area contributed by atoms with Gasteiger partial charge in [-0.2, -0.15) is 0 Å². The van der Waals surface area contributed by atoms with Gasteiger partial charge in [0.1, 0.15) is 72.5 Å². The summed E-state index contributed by atoms with van der Waals surface area (Å²) >= 11 is 0. The van der Waals surface area contributed by atoms with Gasteiger partial charge in [-0.25, -0.2) is 4.79 Å². The fraction of sp³-hybridized carbons (Fsp3) is 0.688. The van der Waals surface area contributed by atoms with Crippen LogP contribution in [0.4, 0.5) is 0 Å². The maximum atomic E-state index is 14.2. The van der Waals surface area contributed by atoms with E-state index in [1.807, 2.05) is 5.32 Å². The number of nitrogens with one attached hydrogen (secondary N) is 12. The lowest BCUT2D eigenvalue weighted by molar-refractivity contribution is -0.143. The topological polar surface area (TPSA) is 744 Å². The number of rotatable bonds is 53. The van der Waals surface area contributed by atoms with Crippen LogP contribution in [-0.2, 0) is 91.1 Å². The number of hydrogen-bond acceptors (Lipinski definition) is 22. The van der Waals surface area contributed by atoms with Crippen molar-refractivity contribution in [2.24, 2.45) is 74.7 Å². The highest BCUT2D eigenvalue weighted by molar-refractivity contribution is 6.02. The van der Waals surface area contributed by atoms with Crippen LogP contribution in [0.1, 0.15) is 159 Å². The molecule has 43 heteroatoms. The summed E-state index contributed by atoms with van der Waals surface area (Å²) in [5, 5.41) is 67.5. The van der Waals surface area contributed by atoms with Gasteiger partial charge >= 0.3 is 17.9 Å². The van der Waals surface area contributed by atoms with Gasteiger partial charge in [0.2, 0.25) is 94.5 Å². The standard InChI is InChI=1S/C64H110N20O23/c1-11-30(9)49(83-53(96)33(15-17-42(66)86)74-61(104)50(31(10)12-2)84-60(103)48(29(7)8)82-51(94)32(65)22-43(67)87)62(105)81-41(26-85)59(102)79-39(24-45(69)89)57(100)80-40(25-47(92)93)58(101)77-36(20-27(3)4)54(97)73-34(16-18-46(90)91)52(95)78-38(23-44(68)88)56(99)76-37(21-28(5)6)55(98)75-35(63(106)107)14-13-19-72-64(70)71/h27-41,48-50,85H,11-26,65H2,1-10H3,(H2,66,86)(H2,67,87)(H2,68,88)(H2,69,89)(H,73,97)(H,74,104)(H,75,98)(H,76,99)(H,77,101)(H,78,95)(H,79,102)(H,80,100)(H,81,105)(H,82,94)(H,83,96)(H,84,103)(H,90,91)(H,92,93)(H,106,107)(H4,70,71,72). The van der Waals surface area contributed by atoms with Gasteiger partial charge in [-0.3, -0.25) is 91.3 Å². The van der Waals surface area contributed by atoms with Crippen LogP contribution < -0.4 is 104 Å². The lowest BCUT2D eigenvalue weighted by Gasteiger charge is -2.31. The zero-order valence-corrected chi connectivity index (χ0v) is 61.7. The van der Waals surface area contributed by atoms with Crippen molar-refractivity contribution in [3.8, 4) is 0 Å². The Kier molecular flexibility index (Phi) is 43.4. The molecule has 0 aromatic rings. The van der Waals surface area contributed by atoms with E-state index in [-0.39, 0.29) is 56.9 Å². The maximum absolute atomic E-state index is 14.2. The van der Waals surface area contributed by atoms with Gasteiger partial charge in [0, 0.05) is 19.4 Å². The number of carboxylic acids is 3. The molecule has 0 saturated heterocycles. The predicted molar refractivity (Wildman–Crippen MR) is 377 cm³/mol. The second-order valence-corrected chi connectivity index (χ2v) is 26.9. The van der Waals surface area contributed by atoms with Crippen LogP contribution >= 0.6 is 0 Å². The number of nitrogens with zero attached hydrogens (tertiary/aromatic N) is 1. The minimum atomic E-state index is -2.20. The van der Waals surface area contributed by atoms with E-state index in [0.29, 0.717) is 0 Å². The lowest BCUT2D eigenvalue weighted by atomic mass is 9.95. The summed E-state index contributed by atoms with van der Waals surface area (Å²) in [7, 11) is 0. The summed E-state index contributed by atoms with van der Waals surface area (Å²) in [6.45, 7) is 14.6. The van der Waals surface area contributed by atoms with Crippen molar-refractivity contribution in [1.82, 2.24) is 63.8 Å². The number of primary amides is 4. The number of carboxylic acid groups (broad SMARTS) is 3. The highest BCUT2D eigenvalue weighted by atomic mass is 16.4. The zero-order valence-electron chi connectivity index (χ0n) is 61.7. The van der Waals surface area contributed by atoms with E-state index in [4.69, 9.17) is 40.1 Å². The Hall–Kier alpha value is -10.9. The molecule has 15 unspecified atom stereocenters. The molecule has 0 radical (unpaired) electrons. The van der Waals surface area contributed by atoms with E-state index in [9.17, 15) is 112 Å². The quantitative estimate of drug-likeness (QED) is 0.0153. The van der Waals surface area contributed by atoms with E-state index in [2.05, 4.69) is 63.5 Å². The zero-order chi connectivity index (χ0) is 82.4. The van der Waals surface area contributed by atoms with Crippen molar-refractivity contribution < 1.29 is 112 Å². The molecule has 30 N–H and O–H groups in total. The number of nitrogens with two attached hydrogens (primary N) is 7. The van der Waals surface area contributed by atoms with Crippen molar-refractivity contribution in [3.63, 3.8) is 0 Å². The van der Waals surface area contributed by atoms with Crippen LogP contribution in [0.15, 0.2) is 4.99 Å². The van der Waals surface area contributed by atoms with Crippen molar-refractivity contribution >= 4 is 118 Å². The van der Waals surface area contributed by atoms with Gasteiger partial charge in [0.25, 0.3) is 0 Å². The van der Waals surface area contributed by atoms with Gasteiger partial charge in [0.15, 0.2) is 5.96 Å². The predicted octanol–water partition coefficient (Wildman–Crippen LogP) is -8.67. The van der Waals surface area contributed by atoms with E-state index in [0.717, 1.165) is 0 Å². The van der Waals surface area contributed by atoms with Crippen LogP contribution in [0.2, 0.25) is 0 Å². The third-order valence-corrected chi connectivity index (χ3v) is 16.3. The smallest absolute Gasteiger partial charge is 0.326 e. The maximum Gasteiger partial charge on any atom is 0.326 e. The number of aliphatic hydroxyl groups is 1. The Labute approximate surface area is 617 Å². The average Bonchev–Trinajstić information content (AvgIpc) is 0.856. The molecule has 0 spiro atoms. The first kappa shape index (κ1) is 96.1. The Bertz CT molecular complexity index is 3190. The number of guanidine groups is 1. The molecular formula is C64H110N20O23. The fourth-order valence-corrected chi connectivity index (χ4v) is 10.1. The fourth-order valence-electron chi connectivity index (χ4n) is 10.1. The second kappa shape index (κ2) is 48.3. The number of carbonyl (C=O) groups is 19. The van der Waals surface area contributed by atoms with E-state index in [1.54, 1.807) is 62.3 Å². The van der Waals surface area contributed by atoms with Crippen molar-refractivity contribution in [1.29, 1.82) is 0 Å². The normalized spacial score (nSPS) is 15.3. The summed E-state index contributed by atoms with van der Waals surface area (Å²) in [5.74, 6) is -26.5. The third kappa shape index (κ3) is 37.6. The summed E-state index contributed by atoms with van der Waals surface area (Å²) in [4.78, 5) is 255. The van der Waals surface area contributed by atoms with Crippen LogP contribution in [0.25, 0.3) is 0 Å². The van der Waals surface area contributed by atoms with Crippen LogP contribution in [0.3, 0.4) is 0 Å². The molecule has 0 heterocycles. The summed E-state index contributed by atoms with van der Waals surface area (Å²) < 4.78 is 0. The van der Waals surface area contributed by atoms with E-state index >= 15 is 0 Å². The molecule has 0 saturated carbocycles. The largest absolute Gasteiger partial charge is 0.481 e. The number of amides is 16. The molecule has 0 aliphatic heterocycles. The molecule has 0 aromatic carbocycles. The molecular weight excluding hydrogens is 1420 g/mol. The van der Waals surface area contributed by atoms with Gasteiger partial charge in [0.05, 0.1) is 38.3 Å². The molecule has 0 rings (SSSR count). The minimum absolute atomic E-state index is 0.00543. The molecule has 0 bridgehead atoms. The number of aliphatic hydroxyl groups excluding tert-OH is 1. The van der Waals surface area contributed by atoms with Gasteiger partial charge < -0.3 is 124 Å². The Morgan fingerprint density at radius 3 is 1.04 bits per heavy atom.